The standard InChI is InChI=1S/C12H15Cl2N3O2/c1-12(2,11(16)19)17-10(18)9(15)6-4-3-5-7(13)8(6)14/h3-5,9H,15H2,1-2H3,(H2,16,19)(H,17,18). The fraction of sp³-hybridized carbons (Fsp3) is 0.333. The lowest BCUT2D eigenvalue weighted by atomic mass is 10.0. The number of carbonyl (C=O) groups is 2. The first-order chi connectivity index (χ1) is 8.66. The van der Waals surface area contributed by atoms with E-state index < -0.39 is 23.4 Å². The molecule has 1 aromatic rings. The molecule has 5 nitrogen and oxygen atoms in total. The molecule has 0 aliphatic carbocycles. The fourth-order valence-electron chi connectivity index (χ4n) is 1.35. The molecule has 0 fully saturated rings. The molecule has 1 aromatic carbocycles. The summed E-state index contributed by atoms with van der Waals surface area (Å²) in [4.78, 5) is 23.1. The highest BCUT2D eigenvalue weighted by atomic mass is 35.5. The van der Waals surface area contributed by atoms with E-state index in [0.29, 0.717) is 10.6 Å². The van der Waals surface area contributed by atoms with E-state index in [-0.39, 0.29) is 5.02 Å². The van der Waals surface area contributed by atoms with Gasteiger partial charge in [0.2, 0.25) is 11.8 Å². The summed E-state index contributed by atoms with van der Waals surface area (Å²) < 4.78 is 0. The summed E-state index contributed by atoms with van der Waals surface area (Å²) in [6.45, 7) is 2.97. The Morgan fingerprint density at radius 1 is 1.32 bits per heavy atom. The SMILES string of the molecule is CC(C)(NC(=O)C(N)c1cccc(Cl)c1Cl)C(N)=O. The van der Waals surface area contributed by atoms with Gasteiger partial charge in [0, 0.05) is 0 Å². The number of carbonyl (C=O) groups excluding carboxylic acids is 2. The van der Waals surface area contributed by atoms with Crippen LogP contribution in [-0.2, 0) is 9.59 Å². The molecular formula is C12H15Cl2N3O2. The Kier molecular flexibility index (Phi) is 4.79. The number of nitrogens with two attached hydrogens (primary N) is 2. The molecule has 0 aliphatic heterocycles. The van der Waals surface area contributed by atoms with Crippen LogP contribution in [0.5, 0.6) is 0 Å². The van der Waals surface area contributed by atoms with Crippen molar-refractivity contribution in [3.63, 3.8) is 0 Å². The molecule has 104 valence electrons. The maximum absolute atomic E-state index is 12.0. The molecule has 0 radical (unpaired) electrons. The molecule has 0 saturated heterocycles. The second-order valence-electron chi connectivity index (χ2n) is 4.60. The number of benzene rings is 1. The first kappa shape index (κ1) is 15.8. The maximum atomic E-state index is 12.0. The van der Waals surface area contributed by atoms with Crippen molar-refractivity contribution in [2.24, 2.45) is 11.5 Å². The molecule has 0 aliphatic rings. The average Bonchev–Trinajstić information content (AvgIpc) is 2.31. The van der Waals surface area contributed by atoms with Gasteiger partial charge < -0.3 is 16.8 Å². The van der Waals surface area contributed by atoms with Gasteiger partial charge >= 0.3 is 0 Å². The van der Waals surface area contributed by atoms with Crippen LogP contribution in [0.1, 0.15) is 25.5 Å². The summed E-state index contributed by atoms with van der Waals surface area (Å²) in [6.07, 6.45) is 0. The average molecular weight is 304 g/mol. The Hall–Kier alpha value is -1.30. The van der Waals surface area contributed by atoms with Crippen LogP contribution in [-0.4, -0.2) is 17.4 Å². The minimum Gasteiger partial charge on any atom is -0.368 e. The van der Waals surface area contributed by atoms with E-state index >= 15 is 0 Å². The lowest BCUT2D eigenvalue weighted by Crippen LogP contribution is -2.55. The van der Waals surface area contributed by atoms with Crippen LogP contribution in [0.25, 0.3) is 0 Å². The van der Waals surface area contributed by atoms with Crippen LogP contribution >= 0.6 is 23.2 Å². The molecular weight excluding hydrogens is 289 g/mol. The minimum atomic E-state index is -1.19. The predicted molar refractivity (Wildman–Crippen MR) is 74.8 cm³/mol. The highest BCUT2D eigenvalue weighted by Gasteiger charge is 2.30. The maximum Gasteiger partial charge on any atom is 0.242 e. The topological polar surface area (TPSA) is 98.2 Å². The summed E-state index contributed by atoms with van der Waals surface area (Å²) in [7, 11) is 0. The predicted octanol–water partition coefficient (Wildman–Crippen LogP) is 1.37. The van der Waals surface area contributed by atoms with Gasteiger partial charge in [0.25, 0.3) is 0 Å². The summed E-state index contributed by atoms with van der Waals surface area (Å²) in [6, 6.07) is 3.78. The molecule has 0 saturated carbocycles. The van der Waals surface area contributed by atoms with Crippen LogP contribution in [0, 0.1) is 0 Å². The zero-order valence-electron chi connectivity index (χ0n) is 10.5. The number of halogens is 2. The van der Waals surface area contributed by atoms with Crippen molar-refractivity contribution in [2.75, 3.05) is 0 Å². The largest absolute Gasteiger partial charge is 0.368 e. The highest BCUT2D eigenvalue weighted by Crippen LogP contribution is 2.29. The molecule has 19 heavy (non-hydrogen) atoms. The molecule has 7 heteroatoms. The van der Waals surface area contributed by atoms with Crippen molar-refractivity contribution in [3.8, 4) is 0 Å². The van der Waals surface area contributed by atoms with Gasteiger partial charge in [-0.3, -0.25) is 9.59 Å². The van der Waals surface area contributed by atoms with Crippen molar-refractivity contribution in [3.05, 3.63) is 33.8 Å². The van der Waals surface area contributed by atoms with Crippen molar-refractivity contribution in [2.45, 2.75) is 25.4 Å². The molecule has 0 heterocycles. The molecule has 0 aromatic heterocycles. The van der Waals surface area contributed by atoms with E-state index in [1.165, 1.54) is 13.8 Å². The first-order valence-corrected chi connectivity index (χ1v) is 6.24. The third-order valence-electron chi connectivity index (χ3n) is 2.65. The number of nitrogens with one attached hydrogen (secondary N) is 1. The zero-order valence-corrected chi connectivity index (χ0v) is 12.0. The molecule has 1 rings (SSSR count). The van der Waals surface area contributed by atoms with E-state index in [9.17, 15) is 9.59 Å². The number of hydrogen-bond donors (Lipinski definition) is 3. The molecule has 5 N–H and O–H groups in total. The summed E-state index contributed by atoms with van der Waals surface area (Å²) in [5.74, 6) is -1.22. The normalized spacial score (nSPS) is 12.9. The zero-order chi connectivity index (χ0) is 14.8. The number of hydrogen-bond acceptors (Lipinski definition) is 3. The van der Waals surface area contributed by atoms with E-state index in [4.69, 9.17) is 34.7 Å². The summed E-state index contributed by atoms with van der Waals surface area (Å²) >= 11 is 11.8. The van der Waals surface area contributed by atoms with E-state index in [2.05, 4.69) is 5.32 Å². The number of amides is 2. The Bertz CT molecular complexity index is 518. The lowest BCUT2D eigenvalue weighted by molar-refractivity contribution is -0.131. The molecule has 2 amide bonds. The van der Waals surface area contributed by atoms with Gasteiger partial charge in [0.1, 0.15) is 11.6 Å². The van der Waals surface area contributed by atoms with E-state index in [0.717, 1.165) is 0 Å². The van der Waals surface area contributed by atoms with Crippen molar-refractivity contribution < 1.29 is 9.59 Å². The second-order valence-corrected chi connectivity index (χ2v) is 5.38. The molecule has 1 unspecified atom stereocenters. The van der Waals surface area contributed by atoms with Crippen molar-refractivity contribution >= 4 is 35.0 Å². The van der Waals surface area contributed by atoms with Gasteiger partial charge in [0.05, 0.1) is 10.0 Å². The lowest BCUT2D eigenvalue weighted by Gasteiger charge is -2.24. The van der Waals surface area contributed by atoms with Gasteiger partial charge in [0.15, 0.2) is 0 Å². The fourth-order valence-corrected chi connectivity index (χ4v) is 1.77. The van der Waals surface area contributed by atoms with Crippen LogP contribution in [0.2, 0.25) is 10.0 Å². The Morgan fingerprint density at radius 2 is 1.89 bits per heavy atom. The Morgan fingerprint density at radius 3 is 2.42 bits per heavy atom. The van der Waals surface area contributed by atoms with E-state index in [1.54, 1.807) is 18.2 Å². The van der Waals surface area contributed by atoms with Crippen molar-refractivity contribution in [1.82, 2.24) is 5.32 Å². The van der Waals surface area contributed by atoms with Crippen LogP contribution in [0.4, 0.5) is 0 Å². The third-order valence-corrected chi connectivity index (χ3v) is 3.48. The first-order valence-electron chi connectivity index (χ1n) is 5.48. The molecule has 1 atom stereocenters. The van der Waals surface area contributed by atoms with Gasteiger partial charge in [-0.15, -0.1) is 0 Å². The van der Waals surface area contributed by atoms with Gasteiger partial charge in [-0.2, -0.15) is 0 Å². The third kappa shape index (κ3) is 3.59. The highest BCUT2D eigenvalue weighted by molar-refractivity contribution is 6.42. The van der Waals surface area contributed by atoms with Gasteiger partial charge in [-0.05, 0) is 25.5 Å². The summed E-state index contributed by atoms with van der Waals surface area (Å²) in [5, 5.41) is 2.97. The van der Waals surface area contributed by atoms with E-state index in [1.807, 2.05) is 0 Å². The van der Waals surface area contributed by atoms with Gasteiger partial charge in [-0.25, -0.2) is 0 Å². The van der Waals surface area contributed by atoms with Crippen LogP contribution < -0.4 is 16.8 Å². The van der Waals surface area contributed by atoms with Crippen LogP contribution in [0.15, 0.2) is 18.2 Å². The monoisotopic (exact) mass is 303 g/mol. The minimum absolute atomic E-state index is 0.212. The van der Waals surface area contributed by atoms with Crippen molar-refractivity contribution in [1.29, 1.82) is 0 Å². The second kappa shape index (κ2) is 5.77. The summed E-state index contributed by atoms with van der Waals surface area (Å²) in [5.41, 5.74) is 10.2. The number of primary amides is 1. The van der Waals surface area contributed by atoms with Crippen LogP contribution in [0.3, 0.4) is 0 Å². The Balaban J connectivity index is 2.95. The Labute approximate surface area is 121 Å². The molecule has 0 bridgehead atoms. The quantitative estimate of drug-likeness (QED) is 0.783. The van der Waals surface area contributed by atoms with Gasteiger partial charge in [-0.1, -0.05) is 35.3 Å². The molecule has 0 spiro atoms. The smallest absolute Gasteiger partial charge is 0.242 e. The number of rotatable bonds is 4.